The number of amides is 2. The normalized spacial score (nSPS) is 17.3. The zero-order valence-corrected chi connectivity index (χ0v) is 19.5. The summed E-state index contributed by atoms with van der Waals surface area (Å²) < 4.78 is 13.3. The van der Waals surface area contributed by atoms with Gasteiger partial charge in [-0.15, -0.1) is 0 Å². The number of carbonyl (C=O) groups is 1. The van der Waals surface area contributed by atoms with E-state index in [2.05, 4.69) is 71.8 Å². The Morgan fingerprint density at radius 1 is 1.03 bits per heavy atom. The molecule has 2 aliphatic rings. The van der Waals surface area contributed by atoms with E-state index in [0.717, 1.165) is 38.2 Å². The molecular formula is C29H30FN3O. The summed E-state index contributed by atoms with van der Waals surface area (Å²) in [6.07, 6.45) is 6.45. The average molecular weight is 456 g/mol. The van der Waals surface area contributed by atoms with Gasteiger partial charge in [-0.1, -0.05) is 60.2 Å². The smallest absolute Gasteiger partial charge is 0.308 e. The van der Waals surface area contributed by atoms with Crippen LogP contribution in [0.1, 0.15) is 29.5 Å². The lowest BCUT2D eigenvalue weighted by atomic mass is 9.74. The summed E-state index contributed by atoms with van der Waals surface area (Å²) >= 11 is 0. The van der Waals surface area contributed by atoms with Gasteiger partial charge in [0.1, 0.15) is 5.82 Å². The zero-order valence-electron chi connectivity index (χ0n) is 19.5. The summed E-state index contributed by atoms with van der Waals surface area (Å²) in [5, 5.41) is 2.94. The van der Waals surface area contributed by atoms with E-state index in [1.807, 2.05) is 11.0 Å². The highest BCUT2D eigenvalue weighted by Gasteiger charge is 2.46. The maximum atomic E-state index is 13.3. The molecule has 1 saturated heterocycles. The third kappa shape index (κ3) is 4.62. The first-order chi connectivity index (χ1) is 16.5. The van der Waals surface area contributed by atoms with Crippen LogP contribution in [0.25, 0.3) is 6.08 Å². The van der Waals surface area contributed by atoms with Gasteiger partial charge in [0.25, 0.3) is 0 Å². The molecule has 2 amide bonds. The number of likely N-dealkylation sites (tertiary alicyclic amines) is 1. The number of carbonyl (C=O) groups excluding carboxylic acids is 1. The van der Waals surface area contributed by atoms with Gasteiger partial charge in [-0.2, -0.15) is 0 Å². The van der Waals surface area contributed by atoms with Crippen molar-refractivity contribution in [3.05, 3.63) is 101 Å². The first-order valence-corrected chi connectivity index (χ1v) is 11.9. The number of hydrogen-bond acceptors (Lipinski definition) is 2. The van der Waals surface area contributed by atoms with Crippen LogP contribution in [0.15, 0.2) is 78.9 Å². The molecule has 0 bridgehead atoms. The zero-order chi connectivity index (χ0) is 23.5. The molecule has 1 N–H and O–H groups in total. The molecule has 0 unspecified atom stereocenters. The van der Waals surface area contributed by atoms with Gasteiger partial charge in [-0.05, 0) is 74.3 Å². The number of aryl methyl sites for hydroxylation is 1. The fourth-order valence-corrected chi connectivity index (χ4v) is 5.18. The van der Waals surface area contributed by atoms with Gasteiger partial charge in [-0.3, -0.25) is 9.80 Å². The van der Waals surface area contributed by atoms with Gasteiger partial charge in [0.2, 0.25) is 0 Å². The topological polar surface area (TPSA) is 35.6 Å². The molecular weight excluding hydrogens is 425 g/mol. The van der Waals surface area contributed by atoms with Crippen molar-refractivity contribution in [2.75, 3.05) is 36.4 Å². The quantitative estimate of drug-likeness (QED) is 0.506. The summed E-state index contributed by atoms with van der Waals surface area (Å²) in [6, 6.07) is 22.5. The van der Waals surface area contributed by atoms with Gasteiger partial charge in [0.15, 0.2) is 0 Å². The highest BCUT2D eigenvalue weighted by Crippen LogP contribution is 2.47. The fourth-order valence-electron chi connectivity index (χ4n) is 5.18. The number of nitrogens with one attached hydrogen (secondary N) is 1. The van der Waals surface area contributed by atoms with Crippen molar-refractivity contribution in [3.8, 4) is 0 Å². The third-order valence-corrected chi connectivity index (χ3v) is 7.10. The molecule has 3 aromatic rings. The molecule has 5 rings (SSSR count). The molecule has 0 radical (unpaired) electrons. The van der Waals surface area contributed by atoms with Crippen LogP contribution in [0.2, 0.25) is 0 Å². The number of fused-ring (bicyclic) bond motifs is 2. The van der Waals surface area contributed by atoms with E-state index in [0.29, 0.717) is 12.2 Å². The molecule has 4 nitrogen and oxygen atoms in total. The van der Waals surface area contributed by atoms with Crippen LogP contribution in [0.4, 0.5) is 20.6 Å². The molecule has 0 atom stereocenters. The number of anilines is 2. The Balaban J connectivity index is 1.29. The lowest BCUT2D eigenvalue weighted by Crippen LogP contribution is -2.46. The maximum Gasteiger partial charge on any atom is 0.326 e. The van der Waals surface area contributed by atoms with Crippen molar-refractivity contribution in [2.24, 2.45) is 0 Å². The SMILES string of the molecule is Cc1ccc2c(c1)C1(CCN(CC=Cc3ccccc3)CC1)CN2C(=O)Nc1ccc(F)cc1. The van der Waals surface area contributed by atoms with E-state index in [-0.39, 0.29) is 17.3 Å². The molecule has 2 aliphatic heterocycles. The first-order valence-electron chi connectivity index (χ1n) is 11.9. The largest absolute Gasteiger partial charge is 0.326 e. The first kappa shape index (κ1) is 22.4. The standard InChI is InChI=1S/C29H30FN3O/c1-22-9-14-27-26(20-22)29(21-33(27)28(34)31-25-12-10-24(30)11-13-25)15-18-32(19-16-29)17-5-8-23-6-3-2-4-7-23/h2-14,20H,15-19,21H2,1H3,(H,31,34). The minimum atomic E-state index is -0.315. The van der Waals surface area contributed by atoms with Crippen molar-refractivity contribution in [3.63, 3.8) is 0 Å². The van der Waals surface area contributed by atoms with E-state index in [1.54, 1.807) is 12.1 Å². The Labute approximate surface area is 200 Å². The van der Waals surface area contributed by atoms with Crippen LogP contribution >= 0.6 is 0 Å². The molecule has 1 fully saturated rings. The van der Waals surface area contributed by atoms with Crippen molar-refractivity contribution < 1.29 is 9.18 Å². The molecule has 1 spiro atoms. The van der Waals surface area contributed by atoms with Gasteiger partial charge in [-0.25, -0.2) is 9.18 Å². The molecule has 34 heavy (non-hydrogen) atoms. The van der Waals surface area contributed by atoms with Crippen molar-refractivity contribution in [1.29, 1.82) is 0 Å². The monoisotopic (exact) mass is 455 g/mol. The minimum absolute atomic E-state index is 0.0267. The van der Waals surface area contributed by atoms with Gasteiger partial charge in [0, 0.05) is 29.9 Å². The second-order valence-corrected chi connectivity index (χ2v) is 9.44. The van der Waals surface area contributed by atoms with Crippen LogP contribution in [0, 0.1) is 12.7 Å². The second-order valence-electron chi connectivity index (χ2n) is 9.44. The lowest BCUT2D eigenvalue weighted by molar-refractivity contribution is 0.180. The average Bonchev–Trinajstić information content (AvgIpc) is 3.16. The summed E-state index contributed by atoms with van der Waals surface area (Å²) in [4.78, 5) is 17.6. The van der Waals surface area contributed by atoms with Crippen molar-refractivity contribution >= 4 is 23.5 Å². The van der Waals surface area contributed by atoms with E-state index < -0.39 is 0 Å². The van der Waals surface area contributed by atoms with E-state index in [9.17, 15) is 9.18 Å². The Hall–Kier alpha value is -3.44. The summed E-state index contributed by atoms with van der Waals surface area (Å²) in [5.74, 6) is -0.315. The number of benzene rings is 3. The Bertz CT molecular complexity index is 1180. The summed E-state index contributed by atoms with van der Waals surface area (Å²) in [7, 11) is 0. The van der Waals surface area contributed by atoms with Crippen molar-refractivity contribution in [2.45, 2.75) is 25.2 Å². The van der Waals surface area contributed by atoms with Gasteiger partial charge < -0.3 is 5.32 Å². The van der Waals surface area contributed by atoms with Crippen LogP contribution in [-0.2, 0) is 5.41 Å². The predicted octanol–water partition coefficient (Wildman–Crippen LogP) is 6.23. The highest BCUT2D eigenvalue weighted by molar-refractivity contribution is 6.03. The van der Waals surface area contributed by atoms with Crippen LogP contribution < -0.4 is 10.2 Å². The number of rotatable bonds is 4. The third-order valence-electron chi connectivity index (χ3n) is 7.10. The van der Waals surface area contributed by atoms with E-state index in [1.165, 1.54) is 28.8 Å². The summed E-state index contributed by atoms with van der Waals surface area (Å²) in [5.41, 5.74) is 5.28. The van der Waals surface area contributed by atoms with Crippen LogP contribution in [0.3, 0.4) is 0 Å². The van der Waals surface area contributed by atoms with Crippen LogP contribution in [0.5, 0.6) is 0 Å². The number of piperidine rings is 1. The number of nitrogens with zero attached hydrogens (tertiary/aromatic N) is 2. The molecule has 174 valence electrons. The number of hydrogen-bond donors (Lipinski definition) is 1. The Morgan fingerprint density at radius 3 is 2.50 bits per heavy atom. The van der Waals surface area contributed by atoms with E-state index in [4.69, 9.17) is 0 Å². The lowest BCUT2D eigenvalue weighted by Gasteiger charge is -2.39. The molecule has 0 aromatic heterocycles. The summed E-state index contributed by atoms with van der Waals surface area (Å²) in [6.45, 7) is 5.71. The predicted molar refractivity (Wildman–Crippen MR) is 137 cm³/mol. The molecule has 0 aliphatic carbocycles. The van der Waals surface area contributed by atoms with Gasteiger partial charge >= 0.3 is 6.03 Å². The Kier molecular flexibility index (Phi) is 6.20. The number of urea groups is 1. The molecule has 0 saturated carbocycles. The fraction of sp³-hybridized carbons (Fsp3) is 0.276. The highest BCUT2D eigenvalue weighted by atomic mass is 19.1. The van der Waals surface area contributed by atoms with Gasteiger partial charge in [0.05, 0.1) is 0 Å². The molecule has 3 aromatic carbocycles. The van der Waals surface area contributed by atoms with E-state index >= 15 is 0 Å². The van der Waals surface area contributed by atoms with Crippen LogP contribution in [-0.4, -0.2) is 37.1 Å². The Morgan fingerprint density at radius 2 is 1.76 bits per heavy atom. The molecule has 5 heteroatoms. The second kappa shape index (κ2) is 9.43. The van der Waals surface area contributed by atoms with Crippen molar-refractivity contribution in [1.82, 2.24) is 4.90 Å². The molecule has 2 heterocycles. The minimum Gasteiger partial charge on any atom is -0.308 e. The maximum absolute atomic E-state index is 13.3. The number of halogens is 1.